The lowest BCUT2D eigenvalue weighted by molar-refractivity contribution is -0.139. The second kappa shape index (κ2) is 8.52. The van der Waals surface area contributed by atoms with Crippen LogP contribution in [0.15, 0.2) is 24.3 Å². The minimum atomic E-state index is -3.17. The SMILES string of the molecule is CCS(=O)(=O)N1CCC(C(=O)N(Cc2cccc(Cl)c2)C(C)C)CC1. The van der Waals surface area contributed by atoms with Crippen LogP contribution in [0.3, 0.4) is 0 Å². The number of sulfonamides is 1. The van der Waals surface area contributed by atoms with Crippen LogP contribution in [0.25, 0.3) is 0 Å². The summed E-state index contributed by atoms with van der Waals surface area (Å²) in [5.41, 5.74) is 1.00. The van der Waals surface area contributed by atoms with Crippen molar-refractivity contribution in [1.82, 2.24) is 9.21 Å². The Hall–Kier alpha value is -1.11. The lowest BCUT2D eigenvalue weighted by Gasteiger charge is -2.35. The normalized spacial score (nSPS) is 17.0. The number of amides is 1. The fourth-order valence-corrected chi connectivity index (χ4v) is 4.49. The van der Waals surface area contributed by atoms with Gasteiger partial charge in [0.15, 0.2) is 0 Å². The number of piperidine rings is 1. The molecular formula is C18H27ClN2O3S. The van der Waals surface area contributed by atoms with Crippen molar-refractivity contribution in [2.45, 2.75) is 46.2 Å². The molecule has 5 nitrogen and oxygen atoms in total. The first-order valence-electron chi connectivity index (χ1n) is 8.77. The van der Waals surface area contributed by atoms with Gasteiger partial charge in [0, 0.05) is 36.6 Å². The van der Waals surface area contributed by atoms with E-state index in [1.165, 1.54) is 4.31 Å². The van der Waals surface area contributed by atoms with Crippen molar-refractivity contribution in [3.05, 3.63) is 34.9 Å². The van der Waals surface area contributed by atoms with E-state index >= 15 is 0 Å². The first-order valence-corrected chi connectivity index (χ1v) is 10.8. The maximum absolute atomic E-state index is 13.0. The van der Waals surface area contributed by atoms with Crippen molar-refractivity contribution in [1.29, 1.82) is 0 Å². The van der Waals surface area contributed by atoms with E-state index in [9.17, 15) is 13.2 Å². The molecule has 140 valence electrons. The molecule has 0 saturated carbocycles. The van der Waals surface area contributed by atoms with Crippen LogP contribution >= 0.6 is 11.6 Å². The van der Waals surface area contributed by atoms with Gasteiger partial charge in [-0.25, -0.2) is 12.7 Å². The van der Waals surface area contributed by atoms with E-state index in [1.807, 2.05) is 43.0 Å². The van der Waals surface area contributed by atoms with Crippen LogP contribution in [-0.2, 0) is 21.4 Å². The molecule has 0 radical (unpaired) electrons. The number of hydrogen-bond acceptors (Lipinski definition) is 3. The number of nitrogens with zero attached hydrogens (tertiary/aromatic N) is 2. The van der Waals surface area contributed by atoms with Gasteiger partial charge < -0.3 is 4.90 Å². The molecule has 0 spiro atoms. The van der Waals surface area contributed by atoms with Crippen molar-refractivity contribution >= 4 is 27.5 Å². The Morgan fingerprint density at radius 2 is 1.96 bits per heavy atom. The van der Waals surface area contributed by atoms with Gasteiger partial charge in [0.1, 0.15) is 0 Å². The van der Waals surface area contributed by atoms with E-state index in [-0.39, 0.29) is 23.6 Å². The van der Waals surface area contributed by atoms with Gasteiger partial charge in [-0.3, -0.25) is 4.79 Å². The molecular weight excluding hydrogens is 360 g/mol. The molecule has 0 aliphatic carbocycles. The van der Waals surface area contributed by atoms with Crippen molar-refractivity contribution in [3.63, 3.8) is 0 Å². The van der Waals surface area contributed by atoms with E-state index in [0.29, 0.717) is 37.5 Å². The van der Waals surface area contributed by atoms with Crippen LogP contribution in [0.1, 0.15) is 39.2 Å². The molecule has 2 rings (SSSR count). The molecule has 1 aliphatic heterocycles. The van der Waals surface area contributed by atoms with Gasteiger partial charge in [0.05, 0.1) is 5.75 Å². The Labute approximate surface area is 156 Å². The molecule has 0 bridgehead atoms. The lowest BCUT2D eigenvalue weighted by Crippen LogP contribution is -2.46. The van der Waals surface area contributed by atoms with E-state index in [4.69, 9.17) is 11.6 Å². The van der Waals surface area contributed by atoms with Gasteiger partial charge in [-0.05, 0) is 51.3 Å². The molecule has 1 aliphatic rings. The third-order valence-electron chi connectivity index (χ3n) is 4.71. The number of benzene rings is 1. The monoisotopic (exact) mass is 386 g/mol. The van der Waals surface area contributed by atoms with Crippen LogP contribution < -0.4 is 0 Å². The Kier molecular flexibility index (Phi) is 6.88. The zero-order valence-electron chi connectivity index (χ0n) is 15.1. The van der Waals surface area contributed by atoms with Crippen LogP contribution in [0.4, 0.5) is 0 Å². The fraction of sp³-hybridized carbons (Fsp3) is 0.611. The minimum Gasteiger partial charge on any atom is -0.336 e. The summed E-state index contributed by atoms with van der Waals surface area (Å²) in [7, 11) is -3.17. The summed E-state index contributed by atoms with van der Waals surface area (Å²) in [5, 5.41) is 0.659. The fourth-order valence-electron chi connectivity index (χ4n) is 3.14. The Morgan fingerprint density at radius 3 is 2.48 bits per heavy atom. The highest BCUT2D eigenvalue weighted by molar-refractivity contribution is 7.89. The molecule has 0 N–H and O–H groups in total. The highest BCUT2D eigenvalue weighted by Gasteiger charge is 2.33. The van der Waals surface area contributed by atoms with Gasteiger partial charge in [0.2, 0.25) is 15.9 Å². The smallest absolute Gasteiger partial charge is 0.226 e. The number of carbonyl (C=O) groups is 1. The maximum atomic E-state index is 13.0. The summed E-state index contributed by atoms with van der Waals surface area (Å²) in [4.78, 5) is 14.8. The summed E-state index contributed by atoms with van der Waals surface area (Å²) in [5.74, 6) is 0.0896. The molecule has 0 unspecified atom stereocenters. The largest absolute Gasteiger partial charge is 0.336 e. The Bertz CT molecular complexity index is 698. The lowest BCUT2D eigenvalue weighted by atomic mass is 9.95. The molecule has 0 atom stereocenters. The van der Waals surface area contributed by atoms with Crippen LogP contribution in [0.2, 0.25) is 5.02 Å². The number of hydrogen-bond donors (Lipinski definition) is 0. The Balaban J connectivity index is 2.04. The predicted octanol–water partition coefficient (Wildman–Crippen LogP) is 3.14. The molecule has 7 heteroatoms. The quantitative estimate of drug-likeness (QED) is 0.754. The van der Waals surface area contributed by atoms with Crippen molar-refractivity contribution in [3.8, 4) is 0 Å². The minimum absolute atomic E-state index is 0.0730. The molecule has 1 saturated heterocycles. The van der Waals surface area contributed by atoms with Crippen LogP contribution in [-0.4, -0.2) is 48.4 Å². The van der Waals surface area contributed by atoms with E-state index in [2.05, 4.69) is 0 Å². The molecule has 1 fully saturated rings. The summed E-state index contributed by atoms with van der Waals surface area (Å²) in [6.45, 7) is 7.02. The molecule has 1 aromatic rings. The summed E-state index contributed by atoms with van der Waals surface area (Å²) in [6.07, 6.45) is 1.16. The van der Waals surface area contributed by atoms with E-state index in [1.54, 1.807) is 6.92 Å². The third-order valence-corrected chi connectivity index (χ3v) is 6.83. The summed E-state index contributed by atoms with van der Waals surface area (Å²) >= 11 is 6.04. The Morgan fingerprint density at radius 1 is 1.32 bits per heavy atom. The van der Waals surface area contributed by atoms with Crippen molar-refractivity contribution < 1.29 is 13.2 Å². The average Bonchev–Trinajstić information content (AvgIpc) is 2.59. The number of carbonyl (C=O) groups excluding carboxylic acids is 1. The van der Waals surface area contributed by atoms with E-state index < -0.39 is 10.0 Å². The highest BCUT2D eigenvalue weighted by Crippen LogP contribution is 2.24. The zero-order chi connectivity index (χ0) is 18.6. The molecule has 1 aromatic carbocycles. The standard InChI is InChI=1S/C18H27ClN2O3S/c1-4-25(23,24)20-10-8-16(9-11-20)18(22)21(14(2)3)13-15-6-5-7-17(19)12-15/h5-7,12,14,16H,4,8-11,13H2,1-3H3. The third kappa shape index (κ3) is 5.19. The summed E-state index contributed by atoms with van der Waals surface area (Å²) in [6, 6.07) is 7.61. The van der Waals surface area contributed by atoms with Gasteiger partial charge in [-0.1, -0.05) is 23.7 Å². The van der Waals surface area contributed by atoms with Crippen LogP contribution in [0, 0.1) is 5.92 Å². The molecule has 1 heterocycles. The zero-order valence-corrected chi connectivity index (χ0v) is 16.7. The second-order valence-electron chi connectivity index (χ2n) is 6.76. The predicted molar refractivity (Wildman–Crippen MR) is 101 cm³/mol. The van der Waals surface area contributed by atoms with Gasteiger partial charge in [-0.15, -0.1) is 0 Å². The number of rotatable bonds is 6. The first kappa shape index (κ1) is 20.2. The van der Waals surface area contributed by atoms with Crippen LogP contribution in [0.5, 0.6) is 0 Å². The first-order chi connectivity index (χ1) is 11.7. The topological polar surface area (TPSA) is 57.7 Å². The number of halogens is 1. The van der Waals surface area contributed by atoms with Crippen molar-refractivity contribution in [2.24, 2.45) is 5.92 Å². The van der Waals surface area contributed by atoms with Gasteiger partial charge in [0.25, 0.3) is 0 Å². The molecule has 0 aromatic heterocycles. The van der Waals surface area contributed by atoms with E-state index in [0.717, 1.165) is 5.56 Å². The van der Waals surface area contributed by atoms with Gasteiger partial charge >= 0.3 is 0 Å². The molecule has 1 amide bonds. The maximum Gasteiger partial charge on any atom is 0.226 e. The highest BCUT2D eigenvalue weighted by atomic mass is 35.5. The summed E-state index contributed by atoms with van der Waals surface area (Å²) < 4.78 is 25.4. The van der Waals surface area contributed by atoms with Gasteiger partial charge in [-0.2, -0.15) is 0 Å². The van der Waals surface area contributed by atoms with Crippen molar-refractivity contribution in [2.75, 3.05) is 18.8 Å². The second-order valence-corrected chi connectivity index (χ2v) is 9.46. The molecule has 25 heavy (non-hydrogen) atoms. The average molecular weight is 387 g/mol.